The molecule has 0 spiro atoms. The van der Waals surface area contributed by atoms with Crippen LogP contribution in [0.25, 0.3) is 0 Å². The second kappa shape index (κ2) is 6.99. The third-order valence-corrected chi connectivity index (χ3v) is 5.11. The van der Waals surface area contributed by atoms with Crippen LogP contribution in [0.2, 0.25) is 5.02 Å². The van der Waals surface area contributed by atoms with Crippen molar-refractivity contribution in [3.63, 3.8) is 0 Å². The lowest BCUT2D eigenvalue weighted by molar-refractivity contribution is 0.334. The molecule has 2 N–H and O–H groups in total. The Labute approximate surface area is 133 Å². The maximum atomic E-state index is 6.20. The number of hydrogen-bond acceptors (Lipinski definition) is 3. The molecule has 2 aliphatic heterocycles. The molecule has 0 amide bonds. The summed E-state index contributed by atoms with van der Waals surface area (Å²) in [6.45, 7) is 7.99. The molecule has 21 heavy (non-hydrogen) atoms. The Morgan fingerprint density at radius 3 is 2.95 bits per heavy atom. The van der Waals surface area contributed by atoms with E-state index in [-0.39, 0.29) is 0 Å². The molecule has 2 aliphatic rings. The fourth-order valence-electron chi connectivity index (χ4n) is 3.36. The Hall–Kier alpha value is -0.770. The van der Waals surface area contributed by atoms with Gasteiger partial charge in [0.05, 0.1) is 0 Å². The average Bonchev–Trinajstić information content (AvgIpc) is 2.98. The van der Waals surface area contributed by atoms with Gasteiger partial charge in [0, 0.05) is 36.4 Å². The molecular formula is C17H26ClN3. The van der Waals surface area contributed by atoms with E-state index in [2.05, 4.69) is 34.6 Å². The number of rotatable bonds is 5. The number of hydrogen-bond donors (Lipinski definition) is 2. The standard InChI is InChI=1S/C17H26ClN3/c1-13-10-17-14(11-16(13)18)4-5-15(20-17)12-19-6-9-21-7-2-3-8-21/h10-11,15,19-20H,2-9,12H2,1H3. The molecule has 2 heterocycles. The zero-order valence-electron chi connectivity index (χ0n) is 12.9. The second-order valence-corrected chi connectivity index (χ2v) is 6.80. The van der Waals surface area contributed by atoms with Crippen LogP contribution in [0.3, 0.4) is 0 Å². The zero-order chi connectivity index (χ0) is 14.7. The minimum Gasteiger partial charge on any atom is -0.381 e. The quantitative estimate of drug-likeness (QED) is 0.819. The van der Waals surface area contributed by atoms with Crippen molar-refractivity contribution in [2.45, 2.75) is 38.6 Å². The molecule has 0 aliphatic carbocycles. The first kappa shape index (κ1) is 15.1. The van der Waals surface area contributed by atoms with Crippen molar-refractivity contribution >= 4 is 17.3 Å². The van der Waals surface area contributed by atoms with E-state index < -0.39 is 0 Å². The fraction of sp³-hybridized carbons (Fsp3) is 0.647. The largest absolute Gasteiger partial charge is 0.381 e. The monoisotopic (exact) mass is 307 g/mol. The number of halogens is 1. The van der Waals surface area contributed by atoms with Gasteiger partial charge in [0.25, 0.3) is 0 Å². The Balaban J connectivity index is 1.44. The summed E-state index contributed by atoms with van der Waals surface area (Å²) in [5.41, 5.74) is 3.79. The fourth-order valence-corrected chi connectivity index (χ4v) is 3.54. The Morgan fingerprint density at radius 1 is 1.33 bits per heavy atom. The Morgan fingerprint density at radius 2 is 2.14 bits per heavy atom. The minimum atomic E-state index is 0.539. The molecule has 1 aromatic rings. The van der Waals surface area contributed by atoms with Crippen LogP contribution in [0.4, 0.5) is 5.69 Å². The first-order valence-corrected chi connectivity index (χ1v) is 8.59. The van der Waals surface area contributed by atoms with Gasteiger partial charge in [-0.05, 0) is 69.0 Å². The third kappa shape index (κ3) is 3.91. The summed E-state index contributed by atoms with van der Waals surface area (Å²) in [6.07, 6.45) is 5.07. The molecule has 4 heteroatoms. The van der Waals surface area contributed by atoms with Gasteiger partial charge in [0.1, 0.15) is 0 Å². The number of benzene rings is 1. The normalized spacial score (nSPS) is 22.1. The lowest BCUT2D eigenvalue weighted by Crippen LogP contribution is -2.39. The molecule has 1 atom stereocenters. The molecule has 0 aromatic heterocycles. The SMILES string of the molecule is Cc1cc2c(cc1Cl)CCC(CNCCN1CCCC1)N2. The van der Waals surface area contributed by atoms with Crippen molar-refractivity contribution in [2.24, 2.45) is 0 Å². The van der Waals surface area contributed by atoms with E-state index in [0.29, 0.717) is 6.04 Å². The average molecular weight is 308 g/mol. The molecule has 1 fully saturated rings. The maximum absolute atomic E-state index is 6.20. The van der Waals surface area contributed by atoms with Gasteiger partial charge >= 0.3 is 0 Å². The summed E-state index contributed by atoms with van der Waals surface area (Å²) < 4.78 is 0. The second-order valence-electron chi connectivity index (χ2n) is 6.39. The van der Waals surface area contributed by atoms with Crippen LogP contribution in [0, 0.1) is 6.92 Å². The number of nitrogens with zero attached hydrogens (tertiary/aromatic N) is 1. The Bertz CT molecular complexity index is 483. The van der Waals surface area contributed by atoms with Crippen LogP contribution in [-0.2, 0) is 6.42 Å². The maximum Gasteiger partial charge on any atom is 0.0439 e. The first-order valence-electron chi connectivity index (χ1n) is 8.21. The van der Waals surface area contributed by atoms with Crippen LogP contribution < -0.4 is 10.6 Å². The molecule has 1 aromatic carbocycles. The highest BCUT2D eigenvalue weighted by atomic mass is 35.5. The van der Waals surface area contributed by atoms with E-state index in [1.54, 1.807) is 0 Å². The summed E-state index contributed by atoms with van der Waals surface area (Å²) in [7, 11) is 0. The van der Waals surface area contributed by atoms with E-state index in [4.69, 9.17) is 11.6 Å². The number of anilines is 1. The molecule has 1 unspecified atom stereocenters. The summed E-state index contributed by atoms with van der Waals surface area (Å²) >= 11 is 6.20. The van der Waals surface area contributed by atoms with Gasteiger partial charge in [-0.15, -0.1) is 0 Å². The van der Waals surface area contributed by atoms with E-state index in [0.717, 1.165) is 30.1 Å². The zero-order valence-corrected chi connectivity index (χ0v) is 13.7. The number of likely N-dealkylation sites (tertiary alicyclic amines) is 1. The van der Waals surface area contributed by atoms with Crippen molar-refractivity contribution < 1.29 is 0 Å². The van der Waals surface area contributed by atoms with Crippen LogP contribution in [0.15, 0.2) is 12.1 Å². The molecule has 3 nitrogen and oxygen atoms in total. The Kier molecular flexibility index (Phi) is 5.04. The molecular weight excluding hydrogens is 282 g/mol. The van der Waals surface area contributed by atoms with Crippen molar-refractivity contribution in [1.29, 1.82) is 0 Å². The van der Waals surface area contributed by atoms with Crippen molar-refractivity contribution in [1.82, 2.24) is 10.2 Å². The van der Waals surface area contributed by atoms with Gasteiger partial charge in [-0.25, -0.2) is 0 Å². The number of nitrogens with one attached hydrogen (secondary N) is 2. The smallest absolute Gasteiger partial charge is 0.0439 e. The number of fused-ring (bicyclic) bond motifs is 1. The predicted octanol–water partition coefficient (Wildman–Crippen LogP) is 3.06. The third-order valence-electron chi connectivity index (χ3n) is 4.70. The predicted molar refractivity (Wildman–Crippen MR) is 90.5 cm³/mol. The van der Waals surface area contributed by atoms with Crippen molar-refractivity contribution in [3.05, 3.63) is 28.3 Å². The summed E-state index contributed by atoms with van der Waals surface area (Å²) in [4.78, 5) is 2.56. The van der Waals surface area contributed by atoms with Crippen LogP contribution >= 0.6 is 11.6 Å². The van der Waals surface area contributed by atoms with Gasteiger partial charge < -0.3 is 15.5 Å². The van der Waals surface area contributed by atoms with Crippen LogP contribution in [0.1, 0.15) is 30.4 Å². The highest BCUT2D eigenvalue weighted by Gasteiger charge is 2.18. The minimum absolute atomic E-state index is 0.539. The van der Waals surface area contributed by atoms with E-state index in [1.165, 1.54) is 50.1 Å². The van der Waals surface area contributed by atoms with Crippen molar-refractivity contribution in [3.8, 4) is 0 Å². The summed E-state index contributed by atoms with van der Waals surface area (Å²) in [5, 5.41) is 8.15. The van der Waals surface area contributed by atoms with Crippen LogP contribution in [0.5, 0.6) is 0 Å². The van der Waals surface area contributed by atoms with E-state index in [9.17, 15) is 0 Å². The highest BCUT2D eigenvalue weighted by molar-refractivity contribution is 6.31. The van der Waals surface area contributed by atoms with E-state index in [1.807, 2.05) is 0 Å². The van der Waals surface area contributed by atoms with Crippen LogP contribution in [-0.4, -0.2) is 43.7 Å². The molecule has 3 rings (SSSR count). The van der Waals surface area contributed by atoms with E-state index >= 15 is 0 Å². The first-order chi connectivity index (χ1) is 10.2. The van der Waals surface area contributed by atoms with Crippen molar-refractivity contribution in [2.75, 3.05) is 38.0 Å². The van der Waals surface area contributed by atoms with Gasteiger partial charge in [-0.2, -0.15) is 0 Å². The van der Waals surface area contributed by atoms with Gasteiger partial charge in [-0.1, -0.05) is 11.6 Å². The molecule has 116 valence electrons. The lowest BCUT2D eigenvalue weighted by atomic mass is 9.96. The molecule has 0 saturated carbocycles. The highest BCUT2D eigenvalue weighted by Crippen LogP contribution is 2.30. The topological polar surface area (TPSA) is 27.3 Å². The summed E-state index contributed by atoms with van der Waals surface area (Å²) in [5.74, 6) is 0. The molecule has 0 radical (unpaired) electrons. The molecule has 1 saturated heterocycles. The van der Waals surface area contributed by atoms with Gasteiger partial charge in [0.15, 0.2) is 0 Å². The molecule has 0 bridgehead atoms. The van der Waals surface area contributed by atoms with Gasteiger partial charge in [-0.3, -0.25) is 0 Å². The van der Waals surface area contributed by atoms with Gasteiger partial charge in [0.2, 0.25) is 0 Å². The summed E-state index contributed by atoms with van der Waals surface area (Å²) in [6, 6.07) is 4.85. The lowest BCUT2D eigenvalue weighted by Gasteiger charge is -2.28. The number of aryl methyl sites for hydroxylation is 2.